The maximum absolute atomic E-state index is 14.8. The molecule has 31 heavy (non-hydrogen) atoms. The number of phenolic OH excluding ortho intramolecular Hbond substituents is 1. The molecule has 0 aliphatic rings. The van der Waals surface area contributed by atoms with Crippen molar-refractivity contribution in [1.29, 1.82) is 0 Å². The van der Waals surface area contributed by atoms with E-state index < -0.39 is 30.5 Å². The summed E-state index contributed by atoms with van der Waals surface area (Å²) in [4.78, 5) is 23.7. The smallest absolute Gasteiger partial charge is 0.337 e. The van der Waals surface area contributed by atoms with E-state index in [1.807, 2.05) is 0 Å². The lowest BCUT2D eigenvalue weighted by Gasteiger charge is -2.14. The summed E-state index contributed by atoms with van der Waals surface area (Å²) < 4.78 is 36.2. The molecule has 0 bridgehead atoms. The molecular weight excluding hydrogens is 410 g/mol. The van der Waals surface area contributed by atoms with E-state index in [9.17, 15) is 28.6 Å². The third-order valence-corrected chi connectivity index (χ3v) is 5.06. The molecule has 0 aliphatic heterocycles. The highest BCUT2D eigenvalue weighted by molar-refractivity contribution is 5.94. The van der Waals surface area contributed by atoms with Gasteiger partial charge in [-0.3, -0.25) is 4.79 Å². The van der Waals surface area contributed by atoms with Gasteiger partial charge >= 0.3 is 11.9 Å². The van der Waals surface area contributed by atoms with E-state index in [-0.39, 0.29) is 22.6 Å². The Morgan fingerprint density at radius 3 is 2.42 bits per heavy atom. The molecule has 0 spiro atoms. The zero-order chi connectivity index (χ0) is 22.8. The molecule has 0 saturated heterocycles. The highest BCUT2D eigenvalue weighted by atomic mass is 19.3. The molecule has 2 heterocycles. The van der Waals surface area contributed by atoms with E-state index in [0.717, 1.165) is 0 Å². The standard InChI is InChI=1S/C22H22F2N2O5/c1-3-16-18(31-25-20(16)13-5-7-15(27)8-6-13)10-22(23,24)19(28)9-14-11-26(4-2)12-17(14)21(29)30/h5-8,11-12,27H,3-4,9-10H2,1-2H3,(H,29,30). The van der Waals surface area contributed by atoms with E-state index >= 15 is 0 Å². The number of rotatable bonds is 9. The average Bonchev–Trinajstić information content (AvgIpc) is 3.32. The van der Waals surface area contributed by atoms with Crippen molar-refractivity contribution in [3.8, 4) is 17.0 Å². The molecule has 9 heteroatoms. The minimum absolute atomic E-state index is 0.0390. The molecule has 0 saturated carbocycles. The minimum Gasteiger partial charge on any atom is -0.508 e. The second kappa shape index (κ2) is 8.71. The maximum atomic E-state index is 14.8. The van der Waals surface area contributed by atoms with E-state index in [1.54, 1.807) is 26.0 Å². The SMILES string of the molecule is CCc1c(-c2ccc(O)cc2)noc1CC(F)(F)C(=O)Cc1cn(CC)cc1C(=O)O. The quantitative estimate of drug-likeness (QED) is 0.527. The second-order valence-corrected chi connectivity index (χ2v) is 7.15. The van der Waals surface area contributed by atoms with Gasteiger partial charge in [0.2, 0.25) is 5.78 Å². The number of phenols is 1. The average molecular weight is 432 g/mol. The largest absolute Gasteiger partial charge is 0.508 e. The summed E-state index contributed by atoms with van der Waals surface area (Å²) in [5.74, 6) is -6.48. The number of aromatic carboxylic acids is 1. The molecule has 7 nitrogen and oxygen atoms in total. The number of aromatic nitrogens is 2. The summed E-state index contributed by atoms with van der Waals surface area (Å²) in [6.07, 6.45) is 1.38. The van der Waals surface area contributed by atoms with E-state index in [1.165, 1.54) is 29.1 Å². The van der Waals surface area contributed by atoms with Gasteiger partial charge in [0.25, 0.3) is 0 Å². The Balaban J connectivity index is 1.83. The normalized spacial score (nSPS) is 11.6. The van der Waals surface area contributed by atoms with Gasteiger partial charge in [-0.25, -0.2) is 4.79 Å². The number of ketones is 1. The molecular formula is C22H22F2N2O5. The van der Waals surface area contributed by atoms with Crippen LogP contribution in [-0.4, -0.2) is 37.6 Å². The molecule has 0 amide bonds. The third-order valence-electron chi connectivity index (χ3n) is 5.06. The Bertz CT molecular complexity index is 1100. The third kappa shape index (κ3) is 4.65. The van der Waals surface area contributed by atoms with Crippen LogP contribution in [0.4, 0.5) is 8.78 Å². The van der Waals surface area contributed by atoms with Gasteiger partial charge in [0.1, 0.15) is 17.2 Å². The number of aromatic hydroxyl groups is 1. The van der Waals surface area contributed by atoms with Gasteiger partial charge < -0.3 is 19.3 Å². The highest BCUT2D eigenvalue weighted by Crippen LogP contribution is 2.32. The molecule has 3 aromatic rings. The van der Waals surface area contributed by atoms with Crippen molar-refractivity contribution in [2.75, 3.05) is 0 Å². The van der Waals surface area contributed by atoms with Crippen molar-refractivity contribution in [2.24, 2.45) is 0 Å². The number of nitrogens with zero attached hydrogens (tertiary/aromatic N) is 2. The first-order valence-electron chi connectivity index (χ1n) is 9.76. The predicted octanol–water partition coefficient (Wildman–Crippen LogP) is 4.12. The number of carboxylic acid groups (broad SMARTS) is 1. The number of carbonyl (C=O) groups is 2. The molecule has 0 fully saturated rings. The van der Waals surface area contributed by atoms with Crippen molar-refractivity contribution < 1.29 is 33.1 Å². The lowest BCUT2D eigenvalue weighted by atomic mass is 9.97. The first-order chi connectivity index (χ1) is 14.7. The lowest BCUT2D eigenvalue weighted by molar-refractivity contribution is -0.142. The number of Topliss-reactive ketones (excluding diaryl/α,β-unsaturated/α-hetero) is 1. The first kappa shape index (κ1) is 22.2. The fraction of sp³-hybridized carbons (Fsp3) is 0.318. The number of alkyl halides is 2. The summed E-state index contributed by atoms with van der Waals surface area (Å²) in [6.45, 7) is 3.98. The van der Waals surface area contributed by atoms with Crippen LogP contribution in [0.2, 0.25) is 0 Å². The summed E-state index contributed by atoms with van der Waals surface area (Å²) in [7, 11) is 0. The highest BCUT2D eigenvalue weighted by Gasteiger charge is 2.41. The molecule has 2 N–H and O–H groups in total. The first-order valence-corrected chi connectivity index (χ1v) is 9.76. The zero-order valence-electron chi connectivity index (χ0n) is 17.1. The van der Waals surface area contributed by atoms with Gasteiger partial charge in [0.15, 0.2) is 0 Å². The molecule has 0 aliphatic carbocycles. The topological polar surface area (TPSA) is 106 Å². The number of aryl methyl sites for hydroxylation is 1. The number of hydrogen-bond donors (Lipinski definition) is 2. The van der Waals surface area contributed by atoms with Crippen LogP contribution in [0.25, 0.3) is 11.3 Å². The molecule has 1 aromatic carbocycles. The number of benzene rings is 1. The van der Waals surface area contributed by atoms with Crippen LogP contribution in [0.5, 0.6) is 5.75 Å². The van der Waals surface area contributed by atoms with Crippen LogP contribution in [-0.2, 0) is 30.6 Å². The number of hydrogen-bond acceptors (Lipinski definition) is 5. The molecule has 3 rings (SSSR count). The van der Waals surface area contributed by atoms with Crippen molar-refractivity contribution in [3.05, 3.63) is 59.1 Å². The van der Waals surface area contributed by atoms with Crippen LogP contribution in [0.3, 0.4) is 0 Å². The lowest BCUT2D eigenvalue weighted by Crippen LogP contribution is -2.33. The second-order valence-electron chi connectivity index (χ2n) is 7.15. The van der Waals surface area contributed by atoms with Gasteiger partial charge in [0, 0.05) is 36.5 Å². The van der Waals surface area contributed by atoms with Crippen molar-refractivity contribution in [3.63, 3.8) is 0 Å². The molecule has 0 atom stereocenters. The van der Waals surface area contributed by atoms with Crippen LogP contribution < -0.4 is 0 Å². The molecule has 2 aromatic heterocycles. The van der Waals surface area contributed by atoms with E-state index in [0.29, 0.717) is 29.8 Å². The number of carboxylic acids is 1. The maximum Gasteiger partial charge on any atom is 0.337 e. The minimum atomic E-state index is -3.76. The summed E-state index contributed by atoms with van der Waals surface area (Å²) in [5, 5.41) is 22.6. The van der Waals surface area contributed by atoms with Crippen molar-refractivity contribution in [2.45, 2.75) is 45.6 Å². The fourth-order valence-corrected chi connectivity index (χ4v) is 3.37. The Morgan fingerprint density at radius 2 is 1.84 bits per heavy atom. The Hall–Kier alpha value is -3.49. The monoisotopic (exact) mass is 432 g/mol. The van der Waals surface area contributed by atoms with Crippen LogP contribution in [0, 0.1) is 0 Å². The number of carbonyl (C=O) groups excluding carboxylic acids is 1. The van der Waals surface area contributed by atoms with Crippen molar-refractivity contribution in [1.82, 2.24) is 9.72 Å². The summed E-state index contributed by atoms with van der Waals surface area (Å²) in [5.41, 5.74) is 1.27. The van der Waals surface area contributed by atoms with Gasteiger partial charge in [-0.15, -0.1) is 0 Å². The summed E-state index contributed by atoms with van der Waals surface area (Å²) >= 11 is 0. The Morgan fingerprint density at radius 1 is 1.16 bits per heavy atom. The molecule has 0 unspecified atom stereocenters. The van der Waals surface area contributed by atoms with Gasteiger partial charge in [0.05, 0.1) is 12.0 Å². The molecule has 164 valence electrons. The van der Waals surface area contributed by atoms with Gasteiger partial charge in [-0.05, 0) is 43.2 Å². The van der Waals surface area contributed by atoms with Crippen LogP contribution in [0.15, 0.2) is 41.2 Å². The van der Waals surface area contributed by atoms with E-state index in [2.05, 4.69) is 5.16 Å². The van der Waals surface area contributed by atoms with Crippen LogP contribution >= 0.6 is 0 Å². The molecule has 0 radical (unpaired) electrons. The zero-order valence-corrected chi connectivity index (χ0v) is 17.1. The predicted molar refractivity (Wildman–Crippen MR) is 107 cm³/mol. The van der Waals surface area contributed by atoms with Crippen LogP contribution in [0.1, 0.15) is 41.1 Å². The Kier molecular flexibility index (Phi) is 6.24. The van der Waals surface area contributed by atoms with Crippen molar-refractivity contribution >= 4 is 11.8 Å². The van der Waals surface area contributed by atoms with Gasteiger partial charge in [-0.1, -0.05) is 12.1 Å². The number of halogens is 2. The Labute approximate surface area is 176 Å². The summed E-state index contributed by atoms with van der Waals surface area (Å²) in [6, 6.07) is 6.07. The fourth-order valence-electron chi connectivity index (χ4n) is 3.37. The van der Waals surface area contributed by atoms with E-state index in [4.69, 9.17) is 4.52 Å². The van der Waals surface area contributed by atoms with Gasteiger partial charge in [-0.2, -0.15) is 8.78 Å².